The van der Waals surface area contributed by atoms with E-state index in [1.807, 2.05) is 36.4 Å². The summed E-state index contributed by atoms with van der Waals surface area (Å²) in [6.07, 6.45) is -0.394. The second-order valence-electron chi connectivity index (χ2n) is 26.2. The van der Waals surface area contributed by atoms with E-state index in [0.717, 1.165) is 4.68 Å². The number of anilines is 1. The zero-order valence-corrected chi connectivity index (χ0v) is 61.9. The molecule has 11 atom stereocenters. The molecule has 3 heterocycles. The van der Waals surface area contributed by atoms with Crippen molar-refractivity contribution < 1.29 is 72.5 Å². The average Bonchev–Trinajstić information content (AvgIpc) is 1.63. The maximum atomic E-state index is 14.7. The molecule has 22 N–H and O–H groups in total. The van der Waals surface area contributed by atoms with Crippen molar-refractivity contribution >= 4 is 112 Å². The first-order valence-corrected chi connectivity index (χ1v) is 36.4. The van der Waals surface area contributed by atoms with Crippen molar-refractivity contribution in [1.29, 1.82) is 0 Å². The Bertz CT molecular complexity index is 4170. The normalized spacial score (nSPS) is 19.8. The molecular weight excluding hydrogens is 1430 g/mol. The molecule has 1 fully saturated rings. The smallest absolute Gasteiger partial charge is 0.435 e. The number of pyridine rings is 1. The van der Waals surface area contributed by atoms with Gasteiger partial charge in [0.1, 0.15) is 61.0 Å². The molecule has 584 valence electrons. The summed E-state index contributed by atoms with van der Waals surface area (Å²) < 4.78 is 6.89. The molecule has 7 rings (SSSR count). The fourth-order valence-electron chi connectivity index (χ4n) is 11.5. The number of rotatable bonds is 27. The van der Waals surface area contributed by atoms with Crippen LogP contribution in [0.2, 0.25) is 0 Å². The first kappa shape index (κ1) is 85.0. The number of aromatic nitrogens is 3. The van der Waals surface area contributed by atoms with Crippen molar-refractivity contribution in [3.63, 3.8) is 0 Å². The van der Waals surface area contributed by atoms with Gasteiger partial charge in [0.25, 0.3) is 5.91 Å². The molecule has 6 aromatic rings. The van der Waals surface area contributed by atoms with Gasteiger partial charge in [0.05, 0.1) is 34.7 Å². The molecule has 1 aliphatic heterocycles. The average molecular weight is 1520 g/mol. The quantitative estimate of drug-likeness (QED) is 0.0313. The van der Waals surface area contributed by atoms with Gasteiger partial charge in [-0.05, 0) is 162 Å². The van der Waals surface area contributed by atoms with Crippen LogP contribution in [0.5, 0.6) is 0 Å². The highest BCUT2D eigenvalue weighted by molar-refractivity contribution is 7.99. The number of amides is 12. The molecule has 0 spiro atoms. The number of nitrogens with one attached hydrogen (secondary N) is 12. The van der Waals surface area contributed by atoms with Gasteiger partial charge < -0.3 is 102 Å². The van der Waals surface area contributed by atoms with E-state index in [4.69, 9.17) is 27.7 Å². The maximum absolute atomic E-state index is 14.7. The highest BCUT2D eigenvalue weighted by atomic mass is 32.2. The van der Waals surface area contributed by atoms with Crippen molar-refractivity contribution in [2.75, 3.05) is 45.1 Å². The van der Waals surface area contributed by atoms with Crippen molar-refractivity contribution in [3.8, 4) is 0 Å². The number of aliphatic hydroxyl groups excluding tert-OH is 2. The van der Waals surface area contributed by atoms with Crippen molar-refractivity contribution in [1.82, 2.24) is 73.2 Å². The van der Waals surface area contributed by atoms with Crippen LogP contribution in [-0.4, -0.2) is 203 Å². The largest absolute Gasteiger partial charge is 0.443 e. The number of carbonyl (C=O) groups excluding carboxylic acids is 12. The molecule has 1 aliphatic rings. The second-order valence-corrected chi connectivity index (χ2v) is 27.3. The minimum Gasteiger partial charge on any atom is -0.443 e. The minimum atomic E-state index is -1.75. The van der Waals surface area contributed by atoms with E-state index in [1.54, 1.807) is 106 Å². The monoisotopic (exact) mass is 1520 g/mol. The number of aliphatic hydroxyl groups is 2. The van der Waals surface area contributed by atoms with E-state index in [1.165, 1.54) is 37.7 Å². The van der Waals surface area contributed by atoms with Crippen LogP contribution in [0, 0.1) is 5.92 Å². The van der Waals surface area contributed by atoms with Crippen molar-refractivity contribution in [2.45, 2.75) is 156 Å². The number of urea groups is 1. The van der Waals surface area contributed by atoms with E-state index >= 15 is 0 Å². The van der Waals surface area contributed by atoms with E-state index < -0.39 is 145 Å². The molecule has 35 heteroatoms. The molecule has 0 saturated carbocycles. The third-order valence-corrected chi connectivity index (χ3v) is 18.3. The minimum absolute atomic E-state index is 0.0296. The topological polar surface area (TPSA) is 534 Å². The number of nitrogens with zero attached hydrogens (tertiary/aromatic N) is 3. The first-order valence-electron chi connectivity index (χ1n) is 35.6. The molecule has 34 nitrogen and oxygen atoms in total. The van der Waals surface area contributed by atoms with Gasteiger partial charge in [-0.1, -0.05) is 86.3 Å². The fourth-order valence-corrected chi connectivity index (χ4v) is 12.4. The molecule has 12 amide bonds. The third kappa shape index (κ3) is 25.5. The lowest BCUT2D eigenvalue weighted by atomic mass is 10.00. The summed E-state index contributed by atoms with van der Waals surface area (Å²) in [6, 6.07) is 17.7. The Morgan fingerprint density at radius 2 is 1.24 bits per heavy atom. The van der Waals surface area contributed by atoms with Gasteiger partial charge in [-0.15, -0.1) is 0 Å². The second kappa shape index (κ2) is 42.4. The summed E-state index contributed by atoms with van der Waals surface area (Å²) in [7, 11) is 1.54. The highest BCUT2D eigenvalue weighted by Crippen LogP contribution is 2.34. The number of hydrogen-bond donors (Lipinski definition) is 18. The van der Waals surface area contributed by atoms with Crippen molar-refractivity contribution in [2.24, 2.45) is 28.9 Å². The molecule has 0 aliphatic carbocycles. The standard InChI is InChI=1S/C74H97N19O15S/c1-41(2)37-57-69(102)85-52(26-31-75)64(97)84-55(29-34-78)68(101)90-61(42(3)94)71(104)81-36-30-56(67(100)83-53(27-32-76)66(99)89-58(70(103)88-57)38-44-13-7-6-8-14-44)86-65(98)54(28-33-77)87-72(105)62(43(4)95)91-73(106)82-47-20-18-45(19-21-47)40-108-74(107)93-59-39-48(109-60-17-10-9-16-50(60)63(96)79-5)23-24-49(59)51(92-93)25-22-46-15-11-12-35-80-46/h6-25,35,39,41-43,52-58,61-62,94-95H,26-34,36-38,40,75-78H2,1-5H3,(H,79,96)(H,81,104)(H,83,100)(H,84,97)(H,85,102)(H,86,98)(H,87,105)(H,88,103)(H,89,99)(H,90,101)(H2,82,91,106)/b25-22+/t42-,43+,52+,53+,54-,55+,56-,57+,58-,61+,62?/m1/s1. The summed E-state index contributed by atoms with van der Waals surface area (Å²) in [5.41, 5.74) is 26.9. The number of ether oxygens (including phenoxy) is 1. The zero-order valence-electron chi connectivity index (χ0n) is 61.1. The van der Waals surface area contributed by atoms with Crippen molar-refractivity contribution in [3.05, 3.63) is 150 Å². The third-order valence-electron chi connectivity index (χ3n) is 17.2. The Morgan fingerprint density at radius 1 is 0.642 bits per heavy atom. The van der Waals surface area contributed by atoms with Crippen LogP contribution in [0.4, 0.5) is 15.3 Å². The lowest BCUT2D eigenvalue weighted by molar-refractivity contribution is -0.136. The van der Waals surface area contributed by atoms with Crippen LogP contribution >= 0.6 is 11.8 Å². The summed E-state index contributed by atoms with van der Waals surface area (Å²) in [6.45, 7) is 4.45. The maximum Gasteiger partial charge on any atom is 0.435 e. The zero-order chi connectivity index (χ0) is 79.3. The Balaban J connectivity index is 1.07. The predicted octanol–water partition coefficient (Wildman–Crippen LogP) is -0.369. The van der Waals surface area contributed by atoms with E-state index in [-0.39, 0.29) is 88.8 Å². The van der Waals surface area contributed by atoms with Gasteiger partial charge in [0, 0.05) is 47.1 Å². The Morgan fingerprint density at radius 3 is 1.84 bits per heavy atom. The van der Waals surface area contributed by atoms with Crippen LogP contribution in [0.15, 0.2) is 131 Å². The summed E-state index contributed by atoms with van der Waals surface area (Å²) in [5, 5.41) is 57.7. The molecule has 1 saturated heterocycles. The van der Waals surface area contributed by atoms with E-state index in [2.05, 4.69) is 73.9 Å². The molecular formula is C74H97N19O15S. The van der Waals surface area contributed by atoms with Crippen LogP contribution in [0.1, 0.15) is 99.1 Å². The molecule has 0 bridgehead atoms. The number of benzene rings is 4. The van der Waals surface area contributed by atoms with Crippen LogP contribution in [0.3, 0.4) is 0 Å². The Kier molecular flexibility index (Phi) is 33.1. The first-order chi connectivity index (χ1) is 52.2. The lowest BCUT2D eigenvalue weighted by Crippen LogP contribution is -2.61. The van der Waals surface area contributed by atoms with Gasteiger partial charge in [-0.3, -0.25) is 52.9 Å². The van der Waals surface area contributed by atoms with E-state index in [0.29, 0.717) is 48.8 Å². The van der Waals surface area contributed by atoms with Gasteiger partial charge in [-0.25, -0.2) is 9.59 Å². The molecule has 4 aromatic carbocycles. The SMILES string of the molecule is CNC(=O)c1ccccc1Sc1ccc2c(/C=C/c3ccccn3)nn(C(=O)OCc3ccc(NC(=O)NC(C(=O)N[C@H](CCN)C(=O)N[C@@H]4CCNC(=O)[C@H]([C@@H](C)O)NC(=O)[C@H](CCN)NC(=O)[C@H](CCN)NC(=O)[C@H](CC(C)C)NC(=O)[C@@H](Cc5ccccc5)NC(=O)[C@H](CCN)NC4=O)[C@H](C)O)cc3)c2c1. The van der Waals surface area contributed by atoms with Gasteiger partial charge in [0.2, 0.25) is 53.2 Å². The van der Waals surface area contributed by atoms with E-state index in [9.17, 15) is 67.7 Å². The number of carbonyl (C=O) groups is 12. The number of hydrogen-bond acceptors (Lipinski definition) is 22. The fraction of sp³-hybridized carbons (Fsp3) is 0.405. The number of fused-ring (bicyclic) bond motifs is 1. The van der Waals surface area contributed by atoms with Crippen LogP contribution in [-0.2, 0) is 60.9 Å². The highest BCUT2D eigenvalue weighted by Gasteiger charge is 2.37. The lowest BCUT2D eigenvalue weighted by Gasteiger charge is -2.28. The van der Waals surface area contributed by atoms with Crippen LogP contribution in [0.25, 0.3) is 23.1 Å². The van der Waals surface area contributed by atoms with Gasteiger partial charge >= 0.3 is 12.1 Å². The molecule has 109 heavy (non-hydrogen) atoms. The summed E-state index contributed by atoms with van der Waals surface area (Å²) >= 11 is 1.32. The van der Waals surface area contributed by atoms with Crippen LogP contribution < -0.4 is 86.7 Å². The molecule has 0 radical (unpaired) electrons. The Hall–Kier alpha value is -11.2. The molecule has 2 aromatic heterocycles. The summed E-state index contributed by atoms with van der Waals surface area (Å²) in [5.74, 6) is -9.13. The molecule has 1 unspecified atom stereocenters. The Labute approximate surface area is 633 Å². The van der Waals surface area contributed by atoms with Gasteiger partial charge in [0.15, 0.2) is 0 Å². The number of nitrogens with two attached hydrogens (primary N) is 4. The predicted molar refractivity (Wildman–Crippen MR) is 406 cm³/mol. The summed E-state index contributed by atoms with van der Waals surface area (Å²) in [4.78, 5) is 174. The van der Waals surface area contributed by atoms with Gasteiger partial charge in [-0.2, -0.15) is 9.78 Å².